The largest absolute Gasteiger partial charge is 0.379 e. The Kier molecular flexibility index (Phi) is 9.70. The van der Waals surface area contributed by atoms with E-state index in [1.807, 2.05) is 14.2 Å². The minimum atomic E-state index is 0.217. The van der Waals surface area contributed by atoms with Gasteiger partial charge in [-0.15, -0.1) is 11.6 Å². The van der Waals surface area contributed by atoms with Crippen LogP contribution in [0.15, 0.2) is 0 Å². The molecule has 0 spiro atoms. The fourth-order valence-corrected chi connectivity index (χ4v) is 5.85. The molecule has 1 saturated carbocycles. The van der Waals surface area contributed by atoms with Crippen LogP contribution in [0.25, 0.3) is 0 Å². The molecule has 0 aromatic heterocycles. The molecule has 0 aromatic carbocycles. The third kappa shape index (κ3) is 5.83. The van der Waals surface area contributed by atoms with Crippen molar-refractivity contribution in [1.82, 2.24) is 4.90 Å². The number of rotatable bonds is 7. The quantitative estimate of drug-likeness (QED) is 0.487. The molecule has 8 unspecified atom stereocenters. The number of methoxy groups -OCH3 is 2. The molecule has 26 heavy (non-hydrogen) atoms. The van der Waals surface area contributed by atoms with Crippen LogP contribution in [0.4, 0.5) is 0 Å². The van der Waals surface area contributed by atoms with Crippen molar-refractivity contribution in [1.29, 1.82) is 0 Å². The molecule has 8 atom stereocenters. The number of halogens is 2. The molecule has 0 radical (unpaired) electrons. The second-order valence-electron chi connectivity index (χ2n) is 8.65. The Morgan fingerprint density at radius 3 is 2.38 bits per heavy atom. The van der Waals surface area contributed by atoms with Gasteiger partial charge in [-0.3, -0.25) is 0 Å². The summed E-state index contributed by atoms with van der Waals surface area (Å²) in [6, 6.07) is 0.644. The number of likely N-dealkylation sites (tertiary alicyclic amines) is 1. The Morgan fingerprint density at radius 2 is 1.77 bits per heavy atom. The number of fused-ring (bicyclic) bond motifs is 1. The van der Waals surface area contributed by atoms with Crippen LogP contribution in [-0.2, 0) is 9.47 Å². The van der Waals surface area contributed by atoms with E-state index in [1.54, 1.807) is 0 Å². The van der Waals surface area contributed by atoms with Gasteiger partial charge in [-0.05, 0) is 76.3 Å². The lowest BCUT2D eigenvalue weighted by molar-refractivity contribution is -0.0432. The van der Waals surface area contributed by atoms with E-state index in [0.29, 0.717) is 16.8 Å². The zero-order chi connectivity index (χ0) is 19.3. The highest BCUT2D eigenvalue weighted by Crippen LogP contribution is 2.42. The zero-order valence-corrected chi connectivity index (χ0v) is 19.6. The van der Waals surface area contributed by atoms with Crippen molar-refractivity contribution in [3.8, 4) is 0 Å². The van der Waals surface area contributed by atoms with Crippen LogP contribution in [0, 0.1) is 17.8 Å². The third-order valence-corrected chi connectivity index (χ3v) is 8.50. The lowest BCUT2D eigenvalue weighted by atomic mass is 9.75. The second kappa shape index (κ2) is 11.0. The van der Waals surface area contributed by atoms with E-state index in [9.17, 15) is 0 Å². The van der Waals surface area contributed by atoms with Crippen molar-refractivity contribution in [2.75, 3.05) is 27.8 Å². The normalized spacial score (nSPS) is 37.3. The molecule has 0 N–H and O–H groups in total. The first-order valence-corrected chi connectivity index (χ1v) is 11.8. The Morgan fingerprint density at radius 1 is 1.08 bits per heavy atom. The third-order valence-electron chi connectivity index (χ3n) is 6.96. The van der Waals surface area contributed by atoms with Crippen molar-refractivity contribution in [3.63, 3.8) is 0 Å². The van der Waals surface area contributed by atoms with Gasteiger partial charge in [0, 0.05) is 30.5 Å². The molecule has 1 saturated heterocycles. The van der Waals surface area contributed by atoms with Gasteiger partial charge in [-0.25, -0.2) is 0 Å². The highest BCUT2D eigenvalue weighted by molar-refractivity contribution is 9.09. The van der Waals surface area contributed by atoms with Gasteiger partial charge in [0.05, 0.1) is 12.2 Å². The minimum absolute atomic E-state index is 0.217. The molecule has 0 bridgehead atoms. The molecular formula is C21H39BrClNO2. The highest BCUT2D eigenvalue weighted by Gasteiger charge is 2.41. The van der Waals surface area contributed by atoms with E-state index in [4.69, 9.17) is 21.1 Å². The van der Waals surface area contributed by atoms with E-state index in [0.717, 1.165) is 31.1 Å². The van der Waals surface area contributed by atoms with Crippen LogP contribution in [0.5, 0.6) is 0 Å². The molecule has 2 rings (SSSR count). The van der Waals surface area contributed by atoms with Gasteiger partial charge in [0.25, 0.3) is 0 Å². The maximum Gasteiger partial charge on any atom is 0.0835 e. The van der Waals surface area contributed by atoms with Gasteiger partial charge in [0.2, 0.25) is 0 Å². The lowest BCUT2D eigenvalue weighted by Gasteiger charge is -2.40. The van der Waals surface area contributed by atoms with E-state index in [-0.39, 0.29) is 17.6 Å². The molecule has 2 aliphatic rings. The molecular weight excluding hydrogens is 414 g/mol. The first-order chi connectivity index (χ1) is 12.4. The van der Waals surface area contributed by atoms with Crippen molar-refractivity contribution in [2.24, 2.45) is 17.8 Å². The SMILES string of the molecule is COC1CCC2C(CCCN(C)C2C(C)CCC(Cl)C(C)Br)CC1OC. The number of ether oxygens (including phenoxy) is 2. The summed E-state index contributed by atoms with van der Waals surface area (Å²) in [5.41, 5.74) is 0. The smallest absolute Gasteiger partial charge is 0.0835 e. The maximum absolute atomic E-state index is 6.51. The van der Waals surface area contributed by atoms with Crippen molar-refractivity contribution >= 4 is 27.5 Å². The van der Waals surface area contributed by atoms with Crippen LogP contribution in [0.2, 0.25) is 0 Å². The topological polar surface area (TPSA) is 21.7 Å². The van der Waals surface area contributed by atoms with Crippen molar-refractivity contribution in [2.45, 2.75) is 87.2 Å². The second-order valence-corrected chi connectivity index (χ2v) is 10.7. The zero-order valence-electron chi connectivity index (χ0n) is 17.3. The average molecular weight is 453 g/mol. The summed E-state index contributed by atoms with van der Waals surface area (Å²) in [5.74, 6) is 2.16. The first-order valence-electron chi connectivity index (χ1n) is 10.4. The number of alkyl halides is 2. The van der Waals surface area contributed by atoms with Gasteiger partial charge in [-0.1, -0.05) is 29.8 Å². The van der Waals surface area contributed by atoms with Crippen LogP contribution in [-0.4, -0.2) is 61.2 Å². The van der Waals surface area contributed by atoms with Gasteiger partial charge < -0.3 is 14.4 Å². The average Bonchev–Trinajstić information content (AvgIpc) is 2.88. The predicted molar refractivity (Wildman–Crippen MR) is 115 cm³/mol. The molecule has 5 heteroatoms. The fourth-order valence-electron chi connectivity index (χ4n) is 5.46. The lowest BCUT2D eigenvalue weighted by Crippen LogP contribution is -2.44. The Labute approximate surface area is 174 Å². The summed E-state index contributed by atoms with van der Waals surface area (Å²) in [4.78, 5) is 3.02. The first kappa shape index (κ1) is 22.9. The summed E-state index contributed by atoms with van der Waals surface area (Å²) in [5, 5.41) is 0.217. The monoisotopic (exact) mass is 451 g/mol. The molecule has 1 aliphatic heterocycles. The number of hydrogen-bond donors (Lipinski definition) is 0. The molecule has 2 fully saturated rings. The van der Waals surface area contributed by atoms with E-state index >= 15 is 0 Å². The summed E-state index contributed by atoms with van der Waals surface area (Å²) in [6.45, 7) is 5.81. The standard InChI is InChI=1S/C21H39BrClNO2/c1-14(8-10-18(23)15(2)22)21-17-9-11-19(25-4)20(26-5)13-16(17)7-6-12-24(21)3/h14-21H,6-13H2,1-5H3. The Balaban J connectivity index is 2.12. The van der Waals surface area contributed by atoms with Gasteiger partial charge in [0.15, 0.2) is 0 Å². The van der Waals surface area contributed by atoms with Gasteiger partial charge in [0.1, 0.15) is 0 Å². The molecule has 154 valence electrons. The molecule has 0 amide bonds. The summed E-state index contributed by atoms with van der Waals surface area (Å²) < 4.78 is 11.6. The molecule has 1 aliphatic carbocycles. The summed E-state index contributed by atoms with van der Waals surface area (Å²) in [6.07, 6.45) is 8.91. The fraction of sp³-hybridized carbons (Fsp3) is 1.00. The van der Waals surface area contributed by atoms with Gasteiger partial charge in [-0.2, -0.15) is 0 Å². The molecule has 1 heterocycles. The van der Waals surface area contributed by atoms with E-state index in [2.05, 4.69) is 41.7 Å². The Bertz CT molecular complexity index is 411. The van der Waals surface area contributed by atoms with Crippen molar-refractivity contribution < 1.29 is 9.47 Å². The van der Waals surface area contributed by atoms with E-state index in [1.165, 1.54) is 32.2 Å². The van der Waals surface area contributed by atoms with Crippen molar-refractivity contribution in [3.05, 3.63) is 0 Å². The number of hydrogen-bond acceptors (Lipinski definition) is 3. The van der Waals surface area contributed by atoms with Crippen LogP contribution in [0.3, 0.4) is 0 Å². The van der Waals surface area contributed by atoms with E-state index < -0.39 is 0 Å². The predicted octanol–water partition coefficient (Wildman–Crippen LogP) is 5.33. The summed E-state index contributed by atoms with van der Waals surface area (Å²) in [7, 11) is 6.02. The molecule has 3 nitrogen and oxygen atoms in total. The number of nitrogens with zero attached hydrogens (tertiary/aromatic N) is 1. The molecule has 0 aromatic rings. The Hall–Kier alpha value is 0.650. The van der Waals surface area contributed by atoms with Crippen LogP contribution >= 0.6 is 27.5 Å². The van der Waals surface area contributed by atoms with Gasteiger partial charge >= 0.3 is 0 Å². The minimum Gasteiger partial charge on any atom is -0.379 e. The maximum atomic E-state index is 6.51. The summed E-state index contributed by atoms with van der Waals surface area (Å²) >= 11 is 10.1. The van der Waals surface area contributed by atoms with Crippen LogP contribution < -0.4 is 0 Å². The highest BCUT2D eigenvalue weighted by atomic mass is 79.9. The van der Waals surface area contributed by atoms with Crippen LogP contribution in [0.1, 0.15) is 58.8 Å².